The van der Waals surface area contributed by atoms with Gasteiger partial charge in [-0.2, -0.15) is 0 Å². The third-order valence-electron chi connectivity index (χ3n) is 3.28. The quantitative estimate of drug-likeness (QED) is 0.648. The lowest BCUT2D eigenvalue weighted by atomic mass is 10.0. The van der Waals surface area contributed by atoms with Crippen LogP contribution >= 0.6 is 27.5 Å². The number of ether oxygens (including phenoxy) is 2. The third kappa shape index (κ3) is 3.53. The zero-order valence-electron chi connectivity index (χ0n) is 12.3. The van der Waals surface area contributed by atoms with E-state index in [9.17, 15) is 0 Å². The molecule has 2 aromatic carbocycles. The second-order valence-corrected chi connectivity index (χ2v) is 5.97. The van der Waals surface area contributed by atoms with Gasteiger partial charge in [0.05, 0.1) is 19.1 Å². The van der Waals surface area contributed by atoms with E-state index in [0.717, 1.165) is 32.7 Å². The lowest BCUT2D eigenvalue weighted by molar-refractivity contribution is 0.336. The van der Waals surface area contributed by atoms with E-state index in [2.05, 4.69) is 15.9 Å². The summed E-state index contributed by atoms with van der Waals surface area (Å²) in [5, 5.41) is -0.334. The number of hydrogen-bond acceptors (Lipinski definition) is 2. The summed E-state index contributed by atoms with van der Waals surface area (Å²) in [6.07, 6.45) is 0. The molecule has 0 aromatic heterocycles. The number of halogens is 2. The van der Waals surface area contributed by atoms with Crippen molar-refractivity contribution in [2.75, 3.05) is 13.7 Å². The van der Waals surface area contributed by atoms with Crippen LogP contribution in [0.2, 0.25) is 0 Å². The van der Waals surface area contributed by atoms with Crippen LogP contribution in [0, 0.1) is 6.92 Å². The van der Waals surface area contributed by atoms with E-state index >= 15 is 0 Å². The number of methoxy groups -OCH3 is 1. The summed E-state index contributed by atoms with van der Waals surface area (Å²) in [5.74, 6) is 1.58. The fraction of sp³-hybridized carbons (Fsp3) is 0.294. The molecule has 0 spiro atoms. The summed E-state index contributed by atoms with van der Waals surface area (Å²) in [7, 11) is 1.66. The normalized spacial score (nSPS) is 12.0. The molecule has 2 rings (SSSR count). The Kier molecular flexibility index (Phi) is 5.54. The van der Waals surface area contributed by atoms with Gasteiger partial charge in [0, 0.05) is 15.6 Å². The molecule has 0 bridgehead atoms. The van der Waals surface area contributed by atoms with Crippen LogP contribution in [0.25, 0.3) is 0 Å². The van der Waals surface area contributed by atoms with Crippen LogP contribution < -0.4 is 9.47 Å². The van der Waals surface area contributed by atoms with Gasteiger partial charge in [0.25, 0.3) is 0 Å². The van der Waals surface area contributed by atoms with Gasteiger partial charge in [-0.15, -0.1) is 11.6 Å². The molecule has 0 radical (unpaired) electrons. The van der Waals surface area contributed by atoms with Crippen LogP contribution in [-0.4, -0.2) is 13.7 Å². The number of hydrogen-bond donors (Lipinski definition) is 0. The average molecular weight is 370 g/mol. The standard InChI is InChI=1S/C17H18BrClO2/c1-4-21-15-8-6-5-7-12(15)17(19)13-10-14(18)11(2)9-16(13)20-3/h5-10,17H,4H2,1-3H3. The minimum atomic E-state index is -0.334. The first-order valence-corrected chi connectivity index (χ1v) is 8.01. The predicted molar refractivity (Wildman–Crippen MR) is 90.7 cm³/mol. The lowest BCUT2D eigenvalue weighted by Crippen LogP contribution is -2.02. The highest BCUT2D eigenvalue weighted by molar-refractivity contribution is 9.10. The zero-order valence-corrected chi connectivity index (χ0v) is 14.7. The summed E-state index contributed by atoms with van der Waals surface area (Å²) in [5.41, 5.74) is 2.97. The third-order valence-corrected chi connectivity index (χ3v) is 4.60. The van der Waals surface area contributed by atoms with Gasteiger partial charge in [0.15, 0.2) is 0 Å². The Morgan fingerprint density at radius 1 is 1.14 bits per heavy atom. The zero-order chi connectivity index (χ0) is 15.4. The maximum absolute atomic E-state index is 6.70. The van der Waals surface area contributed by atoms with E-state index < -0.39 is 0 Å². The molecule has 0 fully saturated rings. The van der Waals surface area contributed by atoms with Gasteiger partial charge in [-0.25, -0.2) is 0 Å². The second-order valence-electron chi connectivity index (χ2n) is 4.68. The van der Waals surface area contributed by atoms with Crippen molar-refractivity contribution in [3.63, 3.8) is 0 Å². The fourth-order valence-corrected chi connectivity index (χ4v) is 2.90. The first-order valence-electron chi connectivity index (χ1n) is 6.78. The molecule has 0 aliphatic rings. The summed E-state index contributed by atoms with van der Waals surface area (Å²) < 4.78 is 12.2. The topological polar surface area (TPSA) is 18.5 Å². The van der Waals surface area contributed by atoms with Crippen molar-refractivity contribution in [3.05, 3.63) is 57.6 Å². The van der Waals surface area contributed by atoms with E-state index in [0.29, 0.717) is 6.61 Å². The summed E-state index contributed by atoms with van der Waals surface area (Å²) in [6.45, 7) is 4.59. The van der Waals surface area contributed by atoms with Crippen LogP contribution in [0.15, 0.2) is 40.9 Å². The number of benzene rings is 2. The average Bonchev–Trinajstić information content (AvgIpc) is 2.49. The van der Waals surface area contributed by atoms with Crippen LogP contribution in [0.1, 0.15) is 29.0 Å². The Hall–Kier alpha value is -1.19. The number of para-hydroxylation sites is 1. The monoisotopic (exact) mass is 368 g/mol. The number of alkyl halides is 1. The van der Waals surface area contributed by atoms with E-state index in [1.807, 2.05) is 50.2 Å². The molecule has 0 saturated carbocycles. The Labute approximate surface area is 139 Å². The SMILES string of the molecule is CCOc1ccccc1C(Cl)c1cc(Br)c(C)cc1OC. The molecule has 21 heavy (non-hydrogen) atoms. The highest BCUT2D eigenvalue weighted by atomic mass is 79.9. The molecule has 112 valence electrons. The maximum atomic E-state index is 6.70. The van der Waals surface area contributed by atoms with E-state index in [1.54, 1.807) is 7.11 Å². The smallest absolute Gasteiger partial charge is 0.124 e. The van der Waals surface area contributed by atoms with Gasteiger partial charge in [-0.05, 0) is 37.6 Å². The minimum Gasteiger partial charge on any atom is -0.496 e. The van der Waals surface area contributed by atoms with Crippen LogP contribution in [0.3, 0.4) is 0 Å². The Morgan fingerprint density at radius 2 is 1.86 bits per heavy atom. The highest BCUT2D eigenvalue weighted by Crippen LogP contribution is 2.41. The lowest BCUT2D eigenvalue weighted by Gasteiger charge is -2.18. The van der Waals surface area contributed by atoms with Gasteiger partial charge in [0.2, 0.25) is 0 Å². The Morgan fingerprint density at radius 3 is 2.52 bits per heavy atom. The van der Waals surface area contributed by atoms with E-state index in [-0.39, 0.29) is 5.38 Å². The van der Waals surface area contributed by atoms with Crippen LogP contribution in [0.4, 0.5) is 0 Å². The molecule has 1 atom stereocenters. The maximum Gasteiger partial charge on any atom is 0.124 e. The van der Waals surface area contributed by atoms with Crippen molar-refractivity contribution in [2.24, 2.45) is 0 Å². The van der Waals surface area contributed by atoms with Crippen molar-refractivity contribution in [2.45, 2.75) is 19.2 Å². The number of rotatable bonds is 5. The van der Waals surface area contributed by atoms with Crippen molar-refractivity contribution in [1.82, 2.24) is 0 Å². The molecule has 0 saturated heterocycles. The Bertz CT molecular complexity index is 628. The molecule has 2 nitrogen and oxygen atoms in total. The summed E-state index contributed by atoms with van der Waals surface area (Å²) >= 11 is 10.3. The summed E-state index contributed by atoms with van der Waals surface area (Å²) in [6, 6.07) is 11.8. The van der Waals surface area contributed by atoms with Gasteiger partial charge >= 0.3 is 0 Å². The van der Waals surface area contributed by atoms with Gasteiger partial charge in [-0.3, -0.25) is 0 Å². The molecule has 4 heteroatoms. The number of aryl methyl sites for hydroxylation is 1. The molecule has 0 heterocycles. The van der Waals surface area contributed by atoms with Gasteiger partial charge in [0.1, 0.15) is 11.5 Å². The van der Waals surface area contributed by atoms with Crippen molar-refractivity contribution in [1.29, 1.82) is 0 Å². The highest BCUT2D eigenvalue weighted by Gasteiger charge is 2.20. The molecular weight excluding hydrogens is 352 g/mol. The first kappa shape index (κ1) is 16.2. The molecule has 0 aliphatic carbocycles. The minimum absolute atomic E-state index is 0.334. The molecule has 0 amide bonds. The van der Waals surface area contributed by atoms with Gasteiger partial charge < -0.3 is 9.47 Å². The first-order chi connectivity index (χ1) is 10.1. The summed E-state index contributed by atoms with van der Waals surface area (Å²) in [4.78, 5) is 0. The molecule has 0 aliphatic heterocycles. The fourth-order valence-electron chi connectivity index (χ4n) is 2.19. The van der Waals surface area contributed by atoms with Gasteiger partial charge in [-0.1, -0.05) is 34.1 Å². The molecule has 0 N–H and O–H groups in total. The van der Waals surface area contributed by atoms with Crippen LogP contribution in [-0.2, 0) is 0 Å². The molecule has 1 unspecified atom stereocenters. The van der Waals surface area contributed by atoms with E-state index in [1.165, 1.54) is 0 Å². The van der Waals surface area contributed by atoms with Crippen LogP contribution in [0.5, 0.6) is 11.5 Å². The second kappa shape index (κ2) is 7.19. The van der Waals surface area contributed by atoms with E-state index in [4.69, 9.17) is 21.1 Å². The van der Waals surface area contributed by atoms with Crippen molar-refractivity contribution >= 4 is 27.5 Å². The molecule has 2 aromatic rings. The Balaban J connectivity index is 2.49. The largest absolute Gasteiger partial charge is 0.496 e. The van der Waals surface area contributed by atoms with Crippen molar-refractivity contribution < 1.29 is 9.47 Å². The molecular formula is C17H18BrClO2. The van der Waals surface area contributed by atoms with Crippen molar-refractivity contribution in [3.8, 4) is 11.5 Å². The predicted octanol–water partition coefficient (Wildman–Crippen LogP) is 5.49.